The average molecular weight is 361 g/mol. The Hall–Kier alpha value is -2.02. The lowest BCUT2D eigenvalue weighted by atomic mass is 9.95. The van der Waals surface area contributed by atoms with Gasteiger partial charge in [0.05, 0.1) is 17.9 Å². The number of benzene rings is 1. The molecule has 6 nitrogen and oxygen atoms in total. The van der Waals surface area contributed by atoms with E-state index in [1.807, 2.05) is 31.2 Å². The summed E-state index contributed by atoms with van der Waals surface area (Å²) in [5, 5.41) is 11.3. The van der Waals surface area contributed by atoms with E-state index >= 15 is 0 Å². The molecule has 7 heteroatoms. The van der Waals surface area contributed by atoms with Crippen LogP contribution in [0.15, 0.2) is 33.9 Å². The highest BCUT2D eigenvalue weighted by molar-refractivity contribution is 8.00. The molecular weight excluding hydrogens is 338 g/mol. The molecule has 0 spiro atoms. The molecule has 3 rings (SSSR count). The molecule has 1 aliphatic carbocycles. The molecule has 0 bridgehead atoms. The second-order valence-electron chi connectivity index (χ2n) is 6.18. The largest absolute Gasteiger partial charge is 0.496 e. The van der Waals surface area contributed by atoms with Gasteiger partial charge >= 0.3 is 0 Å². The summed E-state index contributed by atoms with van der Waals surface area (Å²) in [6.07, 6.45) is 5.80. The lowest BCUT2D eigenvalue weighted by Gasteiger charge is -2.23. The van der Waals surface area contributed by atoms with Crippen LogP contribution < -0.4 is 10.1 Å². The van der Waals surface area contributed by atoms with Crippen LogP contribution in [0.3, 0.4) is 0 Å². The number of methoxy groups -OCH3 is 1. The monoisotopic (exact) mass is 361 g/mol. The summed E-state index contributed by atoms with van der Waals surface area (Å²) < 4.78 is 11.0. The molecule has 1 saturated carbocycles. The van der Waals surface area contributed by atoms with Gasteiger partial charge in [-0.15, -0.1) is 10.2 Å². The molecule has 1 atom stereocenters. The Kier molecular flexibility index (Phi) is 5.96. The number of amides is 1. The molecule has 1 N–H and O–H groups in total. The van der Waals surface area contributed by atoms with Crippen LogP contribution in [0.4, 0.5) is 0 Å². The summed E-state index contributed by atoms with van der Waals surface area (Å²) in [4.78, 5) is 12.4. The van der Waals surface area contributed by atoms with E-state index in [1.165, 1.54) is 31.0 Å². The molecule has 0 radical (unpaired) electrons. The molecule has 25 heavy (non-hydrogen) atoms. The van der Waals surface area contributed by atoms with Crippen molar-refractivity contribution in [3.05, 3.63) is 24.3 Å². The van der Waals surface area contributed by atoms with E-state index in [1.54, 1.807) is 7.11 Å². The van der Waals surface area contributed by atoms with Crippen LogP contribution in [-0.2, 0) is 4.79 Å². The first kappa shape index (κ1) is 17.8. The number of hydrogen-bond donors (Lipinski definition) is 1. The second-order valence-corrected chi connectivity index (χ2v) is 7.47. The van der Waals surface area contributed by atoms with Crippen molar-refractivity contribution in [2.75, 3.05) is 7.11 Å². The van der Waals surface area contributed by atoms with Gasteiger partial charge in [0, 0.05) is 6.04 Å². The van der Waals surface area contributed by atoms with E-state index in [2.05, 4.69) is 15.5 Å². The van der Waals surface area contributed by atoms with Crippen molar-refractivity contribution in [3.8, 4) is 17.2 Å². The van der Waals surface area contributed by atoms with Crippen molar-refractivity contribution < 1.29 is 13.9 Å². The zero-order valence-corrected chi connectivity index (χ0v) is 15.3. The van der Waals surface area contributed by atoms with E-state index in [4.69, 9.17) is 9.15 Å². The van der Waals surface area contributed by atoms with Gasteiger partial charge < -0.3 is 14.5 Å². The minimum Gasteiger partial charge on any atom is -0.496 e. The number of hydrogen-bond acceptors (Lipinski definition) is 6. The molecule has 1 aromatic carbocycles. The Morgan fingerprint density at radius 3 is 2.80 bits per heavy atom. The predicted octanol–water partition coefficient (Wildman–Crippen LogP) is 3.67. The van der Waals surface area contributed by atoms with Gasteiger partial charge in [0.25, 0.3) is 11.1 Å². The van der Waals surface area contributed by atoms with Crippen molar-refractivity contribution in [3.63, 3.8) is 0 Å². The van der Waals surface area contributed by atoms with Gasteiger partial charge in [-0.25, -0.2) is 0 Å². The fourth-order valence-electron chi connectivity index (χ4n) is 2.96. The van der Waals surface area contributed by atoms with E-state index < -0.39 is 0 Å². The molecule has 1 heterocycles. The van der Waals surface area contributed by atoms with Crippen LogP contribution in [-0.4, -0.2) is 34.5 Å². The van der Waals surface area contributed by atoms with Crippen molar-refractivity contribution in [1.82, 2.24) is 15.5 Å². The lowest BCUT2D eigenvalue weighted by molar-refractivity contribution is -0.121. The number of carbonyl (C=O) groups is 1. The Labute approximate surface area is 151 Å². The zero-order valence-electron chi connectivity index (χ0n) is 14.5. The standard InChI is InChI=1S/C18H23N3O3S/c1-12(16(22)19-13-8-4-3-5-9-13)25-18-21-20-17(24-18)14-10-6-7-11-15(14)23-2/h6-7,10-13H,3-5,8-9H2,1-2H3,(H,19,22). The van der Waals surface area contributed by atoms with Crippen LogP contribution in [0.2, 0.25) is 0 Å². The lowest BCUT2D eigenvalue weighted by Crippen LogP contribution is -2.40. The SMILES string of the molecule is COc1ccccc1-c1nnc(SC(C)C(=O)NC2CCCCC2)o1. The number of nitrogens with zero attached hydrogens (tertiary/aromatic N) is 2. The molecule has 0 aliphatic heterocycles. The van der Waals surface area contributed by atoms with Crippen LogP contribution in [0.25, 0.3) is 11.5 Å². The number of carbonyl (C=O) groups excluding carboxylic acids is 1. The fourth-order valence-corrected chi connectivity index (χ4v) is 3.65. The summed E-state index contributed by atoms with van der Waals surface area (Å²) in [7, 11) is 1.60. The topological polar surface area (TPSA) is 77.2 Å². The quantitative estimate of drug-likeness (QED) is 0.791. The maximum Gasteiger partial charge on any atom is 0.277 e. The van der Waals surface area contributed by atoms with Gasteiger partial charge in [0.1, 0.15) is 5.75 Å². The van der Waals surface area contributed by atoms with Gasteiger partial charge in [-0.2, -0.15) is 0 Å². The Morgan fingerprint density at radius 2 is 2.04 bits per heavy atom. The maximum atomic E-state index is 12.4. The summed E-state index contributed by atoms with van der Waals surface area (Å²) in [6, 6.07) is 7.77. The third-order valence-electron chi connectivity index (χ3n) is 4.34. The number of ether oxygens (including phenoxy) is 1. The highest BCUT2D eigenvalue weighted by atomic mass is 32.2. The molecule has 0 saturated heterocycles. The molecule has 1 fully saturated rings. The first-order valence-corrected chi connectivity index (χ1v) is 9.49. The minimum absolute atomic E-state index is 0.0222. The Bertz CT molecular complexity index is 713. The molecular formula is C18H23N3O3S. The minimum atomic E-state index is -0.284. The summed E-state index contributed by atoms with van der Waals surface area (Å²) in [6.45, 7) is 1.86. The Balaban J connectivity index is 1.61. The van der Waals surface area contributed by atoms with Crippen molar-refractivity contribution >= 4 is 17.7 Å². The predicted molar refractivity (Wildman–Crippen MR) is 96.6 cm³/mol. The number of nitrogens with one attached hydrogen (secondary N) is 1. The number of aromatic nitrogens is 2. The third kappa shape index (κ3) is 4.54. The van der Waals surface area contributed by atoms with E-state index in [9.17, 15) is 4.79 Å². The van der Waals surface area contributed by atoms with Gasteiger partial charge in [-0.05, 0) is 31.9 Å². The van der Waals surface area contributed by atoms with Crippen molar-refractivity contribution in [2.45, 2.75) is 55.5 Å². The second kappa shape index (κ2) is 8.38. The molecule has 1 unspecified atom stereocenters. The van der Waals surface area contributed by atoms with Crippen LogP contribution in [0.1, 0.15) is 39.0 Å². The first-order chi connectivity index (χ1) is 12.2. The summed E-state index contributed by atoms with van der Waals surface area (Å²) in [5.74, 6) is 1.08. The fraction of sp³-hybridized carbons (Fsp3) is 0.500. The normalized spacial score (nSPS) is 16.4. The van der Waals surface area contributed by atoms with E-state index in [0.717, 1.165) is 18.4 Å². The van der Waals surface area contributed by atoms with Gasteiger partial charge in [0.15, 0.2) is 0 Å². The molecule has 1 amide bonds. The van der Waals surface area contributed by atoms with Crippen molar-refractivity contribution in [2.24, 2.45) is 0 Å². The molecule has 1 aliphatic rings. The smallest absolute Gasteiger partial charge is 0.277 e. The number of thioether (sulfide) groups is 1. The van der Waals surface area contributed by atoms with Crippen LogP contribution in [0.5, 0.6) is 5.75 Å². The summed E-state index contributed by atoms with van der Waals surface area (Å²) >= 11 is 1.28. The first-order valence-electron chi connectivity index (χ1n) is 8.61. The molecule has 2 aromatic rings. The van der Waals surface area contributed by atoms with Crippen LogP contribution >= 0.6 is 11.8 Å². The van der Waals surface area contributed by atoms with Gasteiger partial charge in [-0.1, -0.05) is 43.2 Å². The van der Waals surface area contributed by atoms with E-state index in [0.29, 0.717) is 22.9 Å². The van der Waals surface area contributed by atoms with Gasteiger partial charge in [0.2, 0.25) is 5.91 Å². The molecule has 1 aromatic heterocycles. The highest BCUT2D eigenvalue weighted by Gasteiger charge is 2.23. The van der Waals surface area contributed by atoms with Crippen LogP contribution in [0, 0.1) is 0 Å². The molecule has 134 valence electrons. The Morgan fingerprint density at radius 1 is 1.28 bits per heavy atom. The maximum absolute atomic E-state index is 12.4. The highest BCUT2D eigenvalue weighted by Crippen LogP contribution is 2.31. The average Bonchev–Trinajstić information content (AvgIpc) is 3.10. The summed E-state index contributed by atoms with van der Waals surface area (Å²) in [5.41, 5.74) is 0.740. The number of para-hydroxylation sites is 1. The van der Waals surface area contributed by atoms with Gasteiger partial charge in [-0.3, -0.25) is 4.79 Å². The van der Waals surface area contributed by atoms with Crippen molar-refractivity contribution in [1.29, 1.82) is 0 Å². The zero-order chi connectivity index (χ0) is 17.6. The third-order valence-corrected chi connectivity index (χ3v) is 5.28. The number of rotatable bonds is 6. The van der Waals surface area contributed by atoms with E-state index in [-0.39, 0.29) is 11.2 Å².